The van der Waals surface area contributed by atoms with Gasteiger partial charge in [-0.15, -0.1) is 0 Å². The molecule has 16 nitrogen and oxygen atoms in total. The van der Waals surface area contributed by atoms with Crippen LogP contribution in [-0.2, 0) is 60.8 Å². The van der Waals surface area contributed by atoms with E-state index < -0.39 is 46.6 Å². The van der Waals surface area contributed by atoms with Crippen LogP contribution >= 0.6 is 173 Å². The van der Waals surface area contributed by atoms with Crippen LogP contribution in [0.3, 0.4) is 0 Å². The van der Waals surface area contributed by atoms with E-state index in [1.165, 1.54) is 19.1 Å². The van der Waals surface area contributed by atoms with Crippen LogP contribution in [0.2, 0.25) is 0 Å². The van der Waals surface area contributed by atoms with Gasteiger partial charge < -0.3 is 56.2 Å². The average Bonchev–Trinajstić information content (AvgIpc) is 0.920. The van der Waals surface area contributed by atoms with Crippen molar-refractivity contribution < 1.29 is 58.1 Å². The Morgan fingerprint density at radius 1 is 0.404 bits per heavy atom. The Kier molecular flexibility index (Phi) is 98.8. The van der Waals surface area contributed by atoms with Crippen molar-refractivity contribution in [2.45, 2.75) is 258 Å². The third kappa shape index (κ3) is 95.2. The summed E-state index contributed by atoms with van der Waals surface area (Å²) in [6, 6.07) is 48.4. The van der Waals surface area contributed by atoms with Gasteiger partial charge in [-0.05, 0) is 160 Å². The zero-order chi connectivity index (χ0) is 82.2. The van der Waals surface area contributed by atoms with Crippen LogP contribution in [0.1, 0.15) is 201 Å². The van der Waals surface area contributed by atoms with E-state index in [1.54, 1.807) is 41.5 Å². The van der Waals surface area contributed by atoms with Crippen molar-refractivity contribution in [3.63, 3.8) is 0 Å². The van der Waals surface area contributed by atoms with Crippen LogP contribution < -0.4 is 27.0 Å². The number of nitrogens with two attached hydrogens (primary N) is 1. The molecule has 8 N–H and O–H groups in total. The van der Waals surface area contributed by atoms with Gasteiger partial charge in [-0.2, -0.15) is 0 Å². The molecular weight excluding hydrogens is 2260 g/mol. The van der Waals surface area contributed by atoms with Crippen molar-refractivity contribution in [2.24, 2.45) is 5.73 Å². The third-order valence-electron chi connectivity index (χ3n) is 10.3. The van der Waals surface area contributed by atoms with Crippen molar-refractivity contribution in [3.05, 3.63) is 179 Å². The summed E-state index contributed by atoms with van der Waals surface area (Å²) in [5.41, 5.74) is 9.18. The molecule has 5 rings (SSSR count). The standard InChI is InChI=1S/C14H20INO2.C14H19NO4.C14H21NO3.C14H21NO2.C9H13N.5C2H6.CH2I2.2CH3I.CH4.3HI.V/c1-14(2,3)18-13(17)16-12(10-15)9-11-7-5-4-6-8-11;1-14(2,3)19-13(18)15-11(12(16)17)9-10-7-5-4-6-8-10;1-14(2,3)18-13(17)15-12(10-16)9-11-7-5-4-6-8-11;1-11(10-12-8-6-5-7-9-12)15-13(16)17-14(2,3)4;1-8(10)7-9-5-3-2-4-6-9;5*1-2;2-1-3;2*1-2;;;;;/h4-8,12H,9-10H2,1-3H3,(H,16,17);4-8,11H,9H2,1-3H3,(H,15,18)(H,16,17);4-8,12,16H,9-10H2,1-3H3,(H,15,17);5-9,11H,10H2,1-4H3,(H,15,16);2-6,8H,7,10H2,1H3;5*1-2H3;1H2;2*1H3;1H4;3*1H;/q;;;;;;;;;;;;;;;;;+3/p-3. The Morgan fingerprint density at radius 2 is 0.615 bits per heavy atom. The molecule has 0 bridgehead atoms. The number of alkyl halides is 5. The van der Waals surface area contributed by atoms with Gasteiger partial charge in [0.05, 0.1) is 15.1 Å². The van der Waals surface area contributed by atoms with Gasteiger partial charge in [0.1, 0.15) is 28.4 Å². The Hall–Kier alpha value is -1.01. The fourth-order valence-electron chi connectivity index (χ4n) is 7.06. The number of carboxylic acid groups (broad SMARTS) is 1. The van der Waals surface area contributed by atoms with E-state index >= 15 is 0 Å². The second kappa shape index (κ2) is 82.9. The molecule has 0 aliphatic heterocycles. The summed E-state index contributed by atoms with van der Waals surface area (Å²) < 4.78 is 22.7. The second-order valence-electron chi connectivity index (χ2n) is 23.8. The molecule has 0 saturated heterocycles. The maximum absolute atomic E-state index is 11.7. The number of carbonyl (C=O) groups excluding carboxylic acids is 4. The first-order chi connectivity index (χ1) is 48.4. The maximum atomic E-state index is 11.7. The molecule has 604 valence electrons. The topological polar surface area (TPSA) is 237 Å². The molecule has 0 saturated carbocycles. The molecule has 0 aliphatic rings. The zero-order valence-electron chi connectivity index (χ0n) is 66.6. The number of ether oxygens (including phenoxy) is 4. The SMILES string of the molecule is C.CC.CC.CC.CC.CC.CC(C)(C)OC(=O)NC(CI)Cc1ccccc1.CC(C)(C)OC(=O)NC(CO)Cc1ccccc1.CC(C)(C)OC(=O)NC(Cc1ccccc1)C(=O)O.CC(Cc1ccccc1)NC(=O)OC(C)(C)C.CC(N)Cc1ccccc1.CI.CI.ICI.[I][V]([I])[I]. The second-order valence-corrected chi connectivity index (χ2v) is 64.5. The Balaban J connectivity index is -0.000000125. The number of aliphatic carboxylic acids is 1. The zero-order valence-corrected chi connectivity index (χ0v) is 85.3. The number of aliphatic hydroxyl groups is 1. The van der Waals surface area contributed by atoms with Crippen molar-refractivity contribution >= 4 is 203 Å². The summed E-state index contributed by atoms with van der Waals surface area (Å²) in [5.74, 6) is -1.09. The molecule has 5 aromatic carbocycles. The molecule has 104 heavy (non-hydrogen) atoms. The number of carbonyl (C=O) groups is 5. The molecule has 5 atom stereocenters. The van der Waals surface area contributed by atoms with Crippen molar-refractivity contribution in [3.8, 4) is 0 Å². The number of nitrogens with one attached hydrogen (secondary N) is 4. The summed E-state index contributed by atoms with van der Waals surface area (Å²) >= 11 is 18.5. The minimum atomic E-state index is -1.09. The summed E-state index contributed by atoms with van der Waals surface area (Å²) in [5, 5.41) is 29.1. The molecule has 5 unspecified atom stereocenters. The van der Waals surface area contributed by atoms with Gasteiger partial charge in [-0.1, -0.05) is 341 Å². The Morgan fingerprint density at radius 3 is 0.846 bits per heavy atom. The predicted molar refractivity (Wildman–Crippen MR) is 515 cm³/mol. The number of hydrogen-bond donors (Lipinski definition) is 7. The number of amides is 4. The summed E-state index contributed by atoms with van der Waals surface area (Å²) in [7, 11) is 0. The summed E-state index contributed by atoms with van der Waals surface area (Å²) in [4.78, 5) is 61.1. The van der Waals surface area contributed by atoms with Crippen LogP contribution in [0.15, 0.2) is 152 Å². The molecule has 25 heteroatoms. The van der Waals surface area contributed by atoms with Crippen LogP contribution in [0, 0.1) is 0 Å². The first kappa shape index (κ1) is 124. The van der Waals surface area contributed by atoms with Crippen LogP contribution in [0.5, 0.6) is 0 Å². The fraction of sp³-hybridized carbons (Fsp3) is 0.557. The molecule has 0 fully saturated rings. The minimum absolute atomic E-state index is 0. The van der Waals surface area contributed by atoms with E-state index in [-0.39, 0.29) is 61.7 Å². The van der Waals surface area contributed by atoms with E-state index in [9.17, 15) is 29.1 Å². The van der Waals surface area contributed by atoms with Gasteiger partial charge in [0.2, 0.25) is 0 Å². The van der Waals surface area contributed by atoms with Gasteiger partial charge in [-0.3, -0.25) is 0 Å². The predicted octanol–water partition coefficient (Wildman–Crippen LogP) is 24.9. The molecule has 4 amide bonds. The number of carboxylic acids is 1. The summed E-state index contributed by atoms with van der Waals surface area (Å²) in [6.07, 6.45) is 1.46. The molecule has 0 aromatic heterocycles. The monoisotopic (exact) mass is 2400 g/mol. The number of benzene rings is 5. The number of hydrogen-bond acceptors (Lipinski definition) is 11. The quantitative estimate of drug-likeness (QED) is 0.0262. The first-order valence-electron chi connectivity index (χ1n) is 34.4. The normalized spacial score (nSPS) is 11.0. The Bertz CT molecular complexity index is 2570. The van der Waals surface area contributed by atoms with Crippen molar-refractivity contribution in [1.82, 2.24) is 21.3 Å². The number of rotatable bonds is 17. The molecule has 0 aliphatic carbocycles. The average molecular weight is 2400 g/mol. The fourth-order valence-corrected chi connectivity index (χ4v) is 7.60. The summed E-state index contributed by atoms with van der Waals surface area (Å²) in [6.45, 7) is 45.6. The van der Waals surface area contributed by atoms with Gasteiger partial charge >= 0.3 is 95.2 Å². The van der Waals surface area contributed by atoms with E-state index in [0.29, 0.717) is 6.42 Å². The molecule has 0 radical (unpaired) electrons. The van der Waals surface area contributed by atoms with Gasteiger partial charge in [0.15, 0.2) is 0 Å². The van der Waals surface area contributed by atoms with Crippen LogP contribution in [0.4, 0.5) is 19.2 Å². The van der Waals surface area contributed by atoms with Crippen molar-refractivity contribution in [1.29, 1.82) is 0 Å². The van der Waals surface area contributed by atoms with Crippen molar-refractivity contribution in [2.75, 3.05) is 23.3 Å². The molecular formula is C79H136I8N5O11V. The van der Waals surface area contributed by atoms with E-state index in [0.717, 1.165) is 34.8 Å². The van der Waals surface area contributed by atoms with E-state index in [4.69, 9.17) is 29.8 Å². The van der Waals surface area contributed by atoms with Gasteiger partial charge in [-0.25, -0.2) is 24.0 Å². The Labute approximate surface area is 739 Å². The molecule has 0 spiro atoms. The number of halogens is 8. The molecule has 5 aromatic rings. The van der Waals surface area contributed by atoms with Crippen LogP contribution in [-0.4, -0.2) is 116 Å². The first-order valence-corrected chi connectivity index (χ1v) is 56.8. The third-order valence-corrected chi connectivity index (χ3v) is 11.4. The number of aliphatic hydroxyl groups excluding tert-OH is 1. The van der Waals surface area contributed by atoms with E-state index in [1.807, 2.05) is 262 Å². The number of alkyl carbamates (subject to hydrolysis) is 4. The van der Waals surface area contributed by atoms with Gasteiger partial charge in [0.25, 0.3) is 0 Å². The van der Waals surface area contributed by atoms with Crippen LogP contribution in [0.25, 0.3) is 0 Å². The molecule has 0 heterocycles. The van der Waals surface area contributed by atoms with E-state index in [2.05, 4.69) is 218 Å². The van der Waals surface area contributed by atoms with Gasteiger partial charge in [0, 0.05) is 29.0 Å².